The SMILES string of the molecule is COC(=O)[C@@H]1CN(C(=O)OC(C)(C)C)[C@H](C)CN1. The van der Waals surface area contributed by atoms with Gasteiger partial charge in [-0.3, -0.25) is 4.79 Å². The molecule has 1 aliphatic heterocycles. The maximum Gasteiger partial charge on any atom is 0.410 e. The van der Waals surface area contributed by atoms with Crippen LogP contribution in [-0.2, 0) is 14.3 Å². The van der Waals surface area contributed by atoms with Gasteiger partial charge in [0.2, 0.25) is 0 Å². The standard InChI is InChI=1S/C12H22N2O4/c1-8-6-13-9(10(15)17-5)7-14(8)11(16)18-12(2,3)4/h8-9,13H,6-7H2,1-5H3/t8-,9+/m1/s1. The zero-order valence-electron chi connectivity index (χ0n) is 11.6. The van der Waals surface area contributed by atoms with Gasteiger partial charge in [-0.25, -0.2) is 4.79 Å². The zero-order valence-corrected chi connectivity index (χ0v) is 11.6. The number of esters is 1. The van der Waals surface area contributed by atoms with E-state index in [1.54, 1.807) is 4.90 Å². The molecule has 1 aliphatic rings. The third kappa shape index (κ3) is 3.87. The van der Waals surface area contributed by atoms with Crippen molar-refractivity contribution in [1.29, 1.82) is 0 Å². The van der Waals surface area contributed by atoms with E-state index in [1.807, 2.05) is 27.7 Å². The summed E-state index contributed by atoms with van der Waals surface area (Å²) in [6.45, 7) is 8.16. The summed E-state index contributed by atoms with van der Waals surface area (Å²) in [6.07, 6.45) is -0.398. The van der Waals surface area contributed by atoms with Crippen LogP contribution in [0, 0.1) is 0 Å². The largest absolute Gasteiger partial charge is 0.468 e. The average molecular weight is 258 g/mol. The van der Waals surface area contributed by atoms with Crippen LogP contribution in [0.2, 0.25) is 0 Å². The maximum absolute atomic E-state index is 12.0. The van der Waals surface area contributed by atoms with E-state index in [2.05, 4.69) is 10.1 Å². The Morgan fingerprint density at radius 1 is 1.33 bits per heavy atom. The molecule has 0 aromatic rings. The molecular weight excluding hydrogens is 236 g/mol. The van der Waals surface area contributed by atoms with Crippen molar-refractivity contribution in [2.75, 3.05) is 20.2 Å². The molecule has 0 aromatic heterocycles. The summed E-state index contributed by atoms with van der Waals surface area (Å²) in [5, 5.41) is 3.04. The van der Waals surface area contributed by atoms with E-state index in [-0.39, 0.29) is 18.6 Å². The van der Waals surface area contributed by atoms with Gasteiger partial charge in [0.1, 0.15) is 11.6 Å². The van der Waals surface area contributed by atoms with Crippen molar-refractivity contribution in [3.8, 4) is 0 Å². The first-order valence-corrected chi connectivity index (χ1v) is 6.05. The molecule has 6 nitrogen and oxygen atoms in total. The number of nitrogens with zero attached hydrogens (tertiary/aromatic N) is 1. The number of ether oxygens (including phenoxy) is 2. The van der Waals surface area contributed by atoms with Gasteiger partial charge in [-0.05, 0) is 27.7 Å². The Labute approximate surface area is 108 Å². The number of carbonyl (C=O) groups excluding carboxylic acids is 2. The van der Waals surface area contributed by atoms with Gasteiger partial charge in [-0.1, -0.05) is 0 Å². The van der Waals surface area contributed by atoms with Crippen LogP contribution in [0.3, 0.4) is 0 Å². The highest BCUT2D eigenvalue weighted by Crippen LogP contribution is 2.14. The molecule has 1 saturated heterocycles. The van der Waals surface area contributed by atoms with Crippen molar-refractivity contribution < 1.29 is 19.1 Å². The number of methoxy groups -OCH3 is 1. The number of amides is 1. The Balaban J connectivity index is 2.67. The fourth-order valence-electron chi connectivity index (χ4n) is 1.74. The molecule has 0 unspecified atom stereocenters. The van der Waals surface area contributed by atoms with Gasteiger partial charge in [0.15, 0.2) is 0 Å². The van der Waals surface area contributed by atoms with Crippen molar-refractivity contribution in [2.45, 2.75) is 45.4 Å². The number of hydrogen-bond donors (Lipinski definition) is 1. The van der Waals surface area contributed by atoms with Gasteiger partial charge in [0.25, 0.3) is 0 Å². The summed E-state index contributed by atoms with van der Waals surface area (Å²) in [5.41, 5.74) is -0.539. The van der Waals surface area contributed by atoms with Crippen LogP contribution in [-0.4, -0.2) is 54.8 Å². The highest BCUT2D eigenvalue weighted by Gasteiger charge is 2.34. The Bertz CT molecular complexity index is 325. The fourth-order valence-corrected chi connectivity index (χ4v) is 1.74. The lowest BCUT2D eigenvalue weighted by atomic mass is 10.1. The molecule has 1 amide bonds. The lowest BCUT2D eigenvalue weighted by Crippen LogP contribution is -2.60. The van der Waals surface area contributed by atoms with E-state index in [0.29, 0.717) is 6.54 Å². The predicted octanol–water partition coefficient (Wildman–Crippen LogP) is 0.757. The van der Waals surface area contributed by atoms with Crippen LogP contribution < -0.4 is 5.32 Å². The molecule has 6 heteroatoms. The zero-order chi connectivity index (χ0) is 13.9. The Hall–Kier alpha value is -1.30. The number of nitrogens with one attached hydrogen (secondary N) is 1. The van der Waals surface area contributed by atoms with Crippen LogP contribution in [0.1, 0.15) is 27.7 Å². The molecule has 18 heavy (non-hydrogen) atoms. The molecule has 1 heterocycles. The van der Waals surface area contributed by atoms with Gasteiger partial charge in [0.05, 0.1) is 13.7 Å². The second kappa shape index (κ2) is 5.56. The second-order valence-electron chi connectivity index (χ2n) is 5.47. The van der Waals surface area contributed by atoms with Crippen LogP contribution in [0.25, 0.3) is 0 Å². The minimum absolute atomic E-state index is 0.0132. The van der Waals surface area contributed by atoms with E-state index >= 15 is 0 Å². The summed E-state index contributed by atoms with van der Waals surface area (Å²) < 4.78 is 9.99. The normalized spacial score (nSPS) is 24.6. The lowest BCUT2D eigenvalue weighted by molar-refractivity contribution is -0.144. The molecule has 2 atom stereocenters. The molecule has 1 fully saturated rings. The van der Waals surface area contributed by atoms with Crippen LogP contribution in [0.15, 0.2) is 0 Å². The summed E-state index contributed by atoms with van der Waals surface area (Å²) in [5.74, 6) is -0.365. The predicted molar refractivity (Wildman–Crippen MR) is 66.2 cm³/mol. The minimum atomic E-state index is -0.539. The molecule has 0 aromatic carbocycles. The van der Waals surface area contributed by atoms with E-state index in [0.717, 1.165) is 0 Å². The quantitative estimate of drug-likeness (QED) is 0.703. The Morgan fingerprint density at radius 2 is 1.94 bits per heavy atom. The summed E-state index contributed by atoms with van der Waals surface area (Å²) in [4.78, 5) is 25.0. The van der Waals surface area contributed by atoms with Gasteiger partial charge in [-0.2, -0.15) is 0 Å². The van der Waals surface area contributed by atoms with Gasteiger partial charge in [0, 0.05) is 12.6 Å². The Morgan fingerprint density at radius 3 is 2.44 bits per heavy atom. The maximum atomic E-state index is 12.0. The van der Waals surface area contributed by atoms with Crippen molar-refractivity contribution in [1.82, 2.24) is 10.2 Å². The van der Waals surface area contributed by atoms with Crippen molar-refractivity contribution in [3.63, 3.8) is 0 Å². The topological polar surface area (TPSA) is 67.9 Å². The lowest BCUT2D eigenvalue weighted by Gasteiger charge is -2.38. The smallest absolute Gasteiger partial charge is 0.410 e. The molecule has 0 saturated carbocycles. The van der Waals surface area contributed by atoms with Crippen LogP contribution in [0.5, 0.6) is 0 Å². The van der Waals surface area contributed by atoms with E-state index in [4.69, 9.17) is 4.74 Å². The highest BCUT2D eigenvalue weighted by atomic mass is 16.6. The number of hydrogen-bond acceptors (Lipinski definition) is 5. The van der Waals surface area contributed by atoms with Gasteiger partial charge >= 0.3 is 12.1 Å². The van der Waals surface area contributed by atoms with Crippen molar-refractivity contribution in [3.05, 3.63) is 0 Å². The molecular formula is C12H22N2O4. The fraction of sp³-hybridized carbons (Fsp3) is 0.833. The molecule has 104 valence electrons. The molecule has 1 N–H and O–H groups in total. The molecule has 0 aliphatic carbocycles. The van der Waals surface area contributed by atoms with E-state index in [1.165, 1.54) is 7.11 Å². The number of piperazine rings is 1. The second-order valence-corrected chi connectivity index (χ2v) is 5.47. The van der Waals surface area contributed by atoms with Gasteiger partial charge < -0.3 is 19.7 Å². The van der Waals surface area contributed by atoms with E-state index < -0.39 is 17.7 Å². The third-order valence-electron chi connectivity index (χ3n) is 2.68. The van der Waals surface area contributed by atoms with E-state index in [9.17, 15) is 9.59 Å². The third-order valence-corrected chi connectivity index (χ3v) is 2.68. The molecule has 0 radical (unpaired) electrons. The first-order valence-electron chi connectivity index (χ1n) is 6.05. The minimum Gasteiger partial charge on any atom is -0.468 e. The van der Waals surface area contributed by atoms with Crippen LogP contribution in [0.4, 0.5) is 4.79 Å². The Kier molecular flexibility index (Phi) is 4.56. The van der Waals surface area contributed by atoms with Gasteiger partial charge in [-0.15, -0.1) is 0 Å². The first-order chi connectivity index (χ1) is 8.24. The summed E-state index contributed by atoms with van der Waals surface area (Å²) in [7, 11) is 1.33. The molecule has 1 rings (SSSR count). The summed E-state index contributed by atoms with van der Waals surface area (Å²) in [6, 6.07) is -0.500. The number of carbonyl (C=O) groups is 2. The summed E-state index contributed by atoms with van der Waals surface area (Å²) >= 11 is 0. The molecule has 0 bridgehead atoms. The monoisotopic (exact) mass is 258 g/mol. The number of rotatable bonds is 1. The van der Waals surface area contributed by atoms with Crippen molar-refractivity contribution in [2.24, 2.45) is 0 Å². The first kappa shape index (κ1) is 14.8. The van der Waals surface area contributed by atoms with Crippen LogP contribution >= 0.6 is 0 Å². The highest BCUT2D eigenvalue weighted by molar-refractivity contribution is 5.77. The average Bonchev–Trinajstić information content (AvgIpc) is 2.26. The molecule has 0 spiro atoms. The van der Waals surface area contributed by atoms with Crippen molar-refractivity contribution >= 4 is 12.1 Å².